The van der Waals surface area contributed by atoms with Gasteiger partial charge in [-0.1, -0.05) is 0 Å². The summed E-state index contributed by atoms with van der Waals surface area (Å²) in [5.74, 6) is -1.60. The summed E-state index contributed by atoms with van der Waals surface area (Å²) >= 11 is 0. The highest BCUT2D eigenvalue weighted by molar-refractivity contribution is 5.75. The summed E-state index contributed by atoms with van der Waals surface area (Å²) in [5, 5.41) is 3.27. The van der Waals surface area contributed by atoms with Crippen molar-refractivity contribution in [2.75, 3.05) is 39.3 Å². The Hall–Kier alpha value is -0.860. The third-order valence-corrected chi connectivity index (χ3v) is 4.55. The lowest BCUT2D eigenvalue weighted by Gasteiger charge is -2.55. The van der Waals surface area contributed by atoms with E-state index in [1.54, 1.807) is 0 Å². The van der Waals surface area contributed by atoms with E-state index in [9.17, 15) is 18.0 Å². The molecule has 1 aliphatic carbocycles. The number of alkyl halides is 3. The highest BCUT2D eigenvalue weighted by Gasteiger charge is 2.49. The van der Waals surface area contributed by atoms with Crippen LogP contribution in [-0.2, 0) is 14.3 Å². The van der Waals surface area contributed by atoms with Crippen LogP contribution in [0, 0.1) is 11.3 Å². The fraction of sp³-hybridized carbons (Fsp3) is 0.923. The Morgan fingerprint density at radius 3 is 2.67 bits per heavy atom. The SMILES string of the molecule is O=C(OC1CN(CC2CC3(CNC3)C2)CCO1)C(F)(F)F. The molecular formula is C13H19F3N2O3. The summed E-state index contributed by atoms with van der Waals surface area (Å²) in [5.41, 5.74) is 0.485. The second-order valence-electron chi connectivity index (χ2n) is 6.34. The number of ether oxygens (including phenoxy) is 2. The lowest BCUT2D eigenvalue weighted by atomic mass is 9.58. The predicted molar refractivity (Wildman–Crippen MR) is 66.4 cm³/mol. The molecule has 1 atom stereocenters. The molecule has 0 bridgehead atoms. The summed E-state index contributed by atoms with van der Waals surface area (Å²) in [7, 11) is 0. The highest BCUT2D eigenvalue weighted by atomic mass is 19.4. The van der Waals surface area contributed by atoms with Gasteiger partial charge in [-0.3, -0.25) is 4.90 Å². The highest BCUT2D eigenvalue weighted by Crippen LogP contribution is 2.48. The number of morpholine rings is 1. The van der Waals surface area contributed by atoms with Gasteiger partial charge in [0.15, 0.2) is 0 Å². The van der Waals surface area contributed by atoms with Crippen LogP contribution in [0.25, 0.3) is 0 Å². The zero-order chi connectivity index (χ0) is 15.1. The van der Waals surface area contributed by atoms with Gasteiger partial charge in [0.05, 0.1) is 13.2 Å². The van der Waals surface area contributed by atoms with E-state index in [0.717, 1.165) is 19.6 Å². The van der Waals surface area contributed by atoms with Crippen molar-refractivity contribution in [1.82, 2.24) is 10.2 Å². The van der Waals surface area contributed by atoms with Crippen molar-refractivity contribution >= 4 is 5.97 Å². The Labute approximate surface area is 120 Å². The lowest BCUT2D eigenvalue weighted by molar-refractivity contribution is -0.235. The molecule has 120 valence electrons. The topological polar surface area (TPSA) is 50.8 Å². The maximum absolute atomic E-state index is 12.2. The van der Waals surface area contributed by atoms with Gasteiger partial charge in [-0.15, -0.1) is 0 Å². The van der Waals surface area contributed by atoms with Crippen LogP contribution in [0.3, 0.4) is 0 Å². The van der Waals surface area contributed by atoms with Crippen LogP contribution < -0.4 is 5.32 Å². The number of hydrogen-bond donors (Lipinski definition) is 1. The summed E-state index contributed by atoms with van der Waals surface area (Å²) in [6, 6.07) is 0. The van der Waals surface area contributed by atoms with Crippen molar-refractivity contribution in [3.8, 4) is 0 Å². The number of nitrogens with one attached hydrogen (secondary N) is 1. The van der Waals surface area contributed by atoms with Crippen LogP contribution in [0.1, 0.15) is 12.8 Å². The summed E-state index contributed by atoms with van der Waals surface area (Å²) < 4.78 is 45.9. The summed E-state index contributed by atoms with van der Waals surface area (Å²) in [6.07, 6.45) is -3.75. The molecular weight excluding hydrogens is 289 g/mol. The normalized spacial score (nSPS) is 29.8. The van der Waals surface area contributed by atoms with Gasteiger partial charge in [-0.2, -0.15) is 13.2 Å². The van der Waals surface area contributed by atoms with E-state index in [1.807, 2.05) is 4.90 Å². The van der Waals surface area contributed by atoms with E-state index in [4.69, 9.17) is 4.74 Å². The zero-order valence-electron chi connectivity index (χ0n) is 11.6. The lowest BCUT2D eigenvalue weighted by Crippen LogP contribution is -2.62. The monoisotopic (exact) mass is 308 g/mol. The molecule has 1 spiro atoms. The first kappa shape index (κ1) is 15.1. The van der Waals surface area contributed by atoms with Gasteiger partial charge in [-0.05, 0) is 24.2 Å². The summed E-state index contributed by atoms with van der Waals surface area (Å²) in [6.45, 7) is 4.17. The minimum atomic E-state index is -4.97. The number of nitrogens with zero attached hydrogens (tertiary/aromatic N) is 1. The number of carbonyl (C=O) groups excluding carboxylic acids is 1. The molecule has 3 fully saturated rings. The molecule has 0 radical (unpaired) electrons. The van der Waals surface area contributed by atoms with Crippen molar-refractivity contribution in [3.63, 3.8) is 0 Å². The van der Waals surface area contributed by atoms with E-state index < -0.39 is 18.4 Å². The van der Waals surface area contributed by atoms with Crippen LogP contribution in [0.5, 0.6) is 0 Å². The fourth-order valence-corrected chi connectivity index (χ4v) is 3.52. The molecule has 1 unspecified atom stereocenters. The Kier molecular flexibility index (Phi) is 3.87. The van der Waals surface area contributed by atoms with E-state index in [-0.39, 0.29) is 13.2 Å². The second-order valence-corrected chi connectivity index (χ2v) is 6.34. The van der Waals surface area contributed by atoms with Crippen molar-refractivity contribution in [2.45, 2.75) is 25.3 Å². The molecule has 0 amide bonds. The number of hydrogen-bond acceptors (Lipinski definition) is 5. The van der Waals surface area contributed by atoms with E-state index in [1.165, 1.54) is 12.8 Å². The van der Waals surface area contributed by atoms with Crippen molar-refractivity contribution in [3.05, 3.63) is 0 Å². The maximum Gasteiger partial charge on any atom is 0.491 e. The molecule has 5 nitrogen and oxygen atoms in total. The molecule has 0 aromatic rings. The number of rotatable bonds is 3. The average molecular weight is 308 g/mol. The Morgan fingerprint density at radius 2 is 2.10 bits per heavy atom. The first-order valence-corrected chi connectivity index (χ1v) is 7.19. The minimum absolute atomic E-state index is 0.212. The Bertz CT molecular complexity index is 404. The van der Waals surface area contributed by atoms with E-state index in [0.29, 0.717) is 17.9 Å². The number of halogens is 3. The van der Waals surface area contributed by atoms with Crippen LogP contribution in [0.2, 0.25) is 0 Å². The molecule has 1 N–H and O–H groups in total. The zero-order valence-corrected chi connectivity index (χ0v) is 11.6. The molecule has 3 aliphatic rings. The molecule has 0 aromatic heterocycles. The smallest absolute Gasteiger partial charge is 0.428 e. The first-order valence-electron chi connectivity index (χ1n) is 7.19. The van der Waals surface area contributed by atoms with Gasteiger partial charge in [0.1, 0.15) is 0 Å². The number of carbonyl (C=O) groups is 1. The van der Waals surface area contributed by atoms with E-state index in [2.05, 4.69) is 10.1 Å². The van der Waals surface area contributed by atoms with E-state index >= 15 is 0 Å². The maximum atomic E-state index is 12.2. The van der Waals surface area contributed by atoms with Gasteiger partial charge in [0.2, 0.25) is 6.29 Å². The fourth-order valence-electron chi connectivity index (χ4n) is 3.52. The molecule has 2 aliphatic heterocycles. The third-order valence-electron chi connectivity index (χ3n) is 4.55. The van der Waals surface area contributed by atoms with Gasteiger partial charge in [-0.25, -0.2) is 4.79 Å². The van der Waals surface area contributed by atoms with Crippen LogP contribution in [0.15, 0.2) is 0 Å². The quantitative estimate of drug-likeness (QED) is 0.780. The minimum Gasteiger partial charge on any atom is -0.428 e. The van der Waals surface area contributed by atoms with Crippen LogP contribution in [-0.4, -0.2) is 62.7 Å². The van der Waals surface area contributed by atoms with Crippen LogP contribution in [0.4, 0.5) is 13.2 Å². The molecule has 0 aromatic carbocycles. The molecule has 1 saturated carbocycles. The number of esters is 1. The molecule has 2 saturated heterocycles. The van der Waals surface area contributed by atoms with Gasteiger partial charge < -0.3 is 14.8 Å². The van der Waals surface area contributed by atoms with Crippen molar-refractivity contribution < 1.29 is 27.4 Å². The summed E-state index contributed by atoms with van der Waals surface area (Å²) in [4.78, 5) is 12.8. The van der Waals surface area contributed by atoms with Crippen molar-refractivity contribution in [1.29, 1.82) is 0 Å². The third kappa shape index (κ3) is 3.32. The molecule has 2 heterocycles. The standard InChI is InChI=1S/C13H19F3N2O3/c14-13(15,16)11(19)21-10-6-18(1-2-20-10)5-9-3-12(4-9)7-17-8-12/h9-10,17H,1-8H2. The van der Waals surface area contributed by atoms with Gasteiger partial charge >= 0.3 is 12.1 Å². The Balaban J connectivity index is 1.42. The largest absolute Gasteiger partial charge is 0.491 e. The van der Waals surface area contributed by atoms with Gasteiger partial charge in [0, 0.05) is 26.2 Å². The van der Waals surface area contributed by atoms with Gasteiger partial charge in [0.25, 0.3) is 0 Å². The Morgan fingerprint density at radius 1 is 1.38 bits per heavy atom. The molecule has 8 heteroatoms. The molecule has 21 heavy (non-hydrogen) atoms. The van der Waals surface area contributed by atoms with Crippen molar-refractivity contribution in [2.24, 2.45) is 11.3 Å². The average Bonchev–Trinajstić information content (AvgIpc) is 2.30. The second kappa shape index (κ2) is 5.40. The first-order chi connectivity index (χ1) is 9.86. The predicted octanol–water partition coefficient (Wildman–Crippen LogP) is 0.750. The molecule has 3 rings (SSSR count). The van der Waals surface area contributed by atoms with Crippen LogP contribution >= 0.6 is 0 Å².